The van der Waals surface area contributed by atoms with Gasteiger partial charge in [0, 0.05) is 6.61 Å². The van der Waals surface area contributed by atoms with Gasteiger partial charge in [-0.2, -0.15) is 0 Å². The van der Waals surface area contributed by atoms with Crippen LogP contribution in [0.1, 0.15) is 103 Å². The Kier molecular flexibility index (Phi) is 14.8. The van der Waals surface area contributed by atoms with Crippen molar-refractivity contribution in [2.45, 2.75) is 110 Å². The first kappa shape index (κ1) is 22.2. The highest BCUT2D eigenvalue weighted by molar-refractivity contribution is 5.15. The molecular weight excluding hydrogens is 304 g/mol. The Labute approximate surface area is 157 Å². The fraction of sp³-hybridized carbons (Fsp3) is 0.750. The van der Waals surface area contributed by atoms with Crippen molar-refractivity contribution in [2.75, 3.05) is 6.61 Å². The van der Waals surface area contributed by atoms with Gasteiger partial charge in [0.25, 0.3) is 0 Å². The summed E-state index contributed by atoms with van der Waals surface area (Å²) in [6, 6.07) is 10.7. The van der Waals surface area contributed by atoms with Crippen LogP contribution in [0.15, 0.2) is 30.3 Å². The second-order valence-electron chi connectivity index (χ2n) is 7.48. The summed E-state index contributed by atoms with van der Waals surface area (Å²) in [4.78, 5) is 0. The summed E-state index contributed by atoms with van der Waals surface area (Å²) in [6.07, 6.45) is 19.3. The van der Waals surface area contributed by atoms with Crippen LogP contribution in [0.4, 0.5) is 0 Å². The molecule has 0 aliphatic rings. The first-order chi connectivity index (χ1) is 12.4. The van der Waals surface area contributed by atoms with Crippen molar-refractivity contribution in [2.24, 2.45) is 0 Å². The molecule has 1 nitrogen and oxygen atoms in total. The largest absolute Gasteiger partial charge is 0.378 e. The maximum Gasteiger partial charge on any atom is 0.0612 e. The summed E-state index contributed by atoms with van der Waals surface area (Å²) in [7, 11) is 0. The molecule has 1 aromatic rings. The molecule has 0 aliphatic carbocycles. The first-order valence-electron chi connectivity index (χ1n) is 11.0. The van der Waals surface area contributed by atoms with Gasteiger partial charge in [-0.15, -0.1) is 0 Å². The molecule has 0 aliphatic heterocycles. The lowest BCUT2D eigenvalue weighted by atomic mass is 10.1. The van der Waals surface area contributed by atoms with Crippen LogP contribution in [0.5, 0.6) is 0 Å². The van der Waals surface area contributed by atoms with Crippen molar-refractivity contribution in [3.63, 3.8) is 0 Å². The van der Waals surface area contributed by atoms with Crippen molar-refractivity contribution in [1.82, 2.24) is 0 Å². The molecular formula is C24H42O. The van der Waals surface area contributed by atoms with Crippen molar-refractivity contribution in [1.29, 1.82) is 0 Å². The van der Waals surface area contributed by atoms with E-state index >= 15 is 0 Å². The summed E-state index contributed by atoms with van der Waals surface area (Å²) in [5, 5.41) is 0. The quantitative estimate of drug-likeness (QED) is 0.262. The molecule has 1 unspecified atom stereocenters. The highest BCUT2D eigenvalue weighted by Crippen LogP contribution is 2.13. The zero-order valence-electron chi connectivity index (χ0n) is 17.0. The van der Waals surface area contributed by atoms with E-state index in [1.54, 1.807) is 0 Å². The van der Waals surface area contributed by atoms with Crippen molar-refractivity contribution >= 4 is 0 Å². The standard InChI is InChI=1S/C24H42O/c1-3-5-6-7-8-9-10-11-12-13-14-18-21-25-24(4-2)22-23-19-16-15-17-20-23/h15-17,19-20,24H,3-14,18,21-22H2,1-2H3. The summed E-state index contributed by atoms with van der Waals surface area (Å²) < 4.78 is 6.09. The van der Waals surface area contributed by atoms with Crippen LogP contribution in [-0.4, -0.2) is 12.7 Å². The average Bonchev–Trinajstić information content (AvgIpc) is 2.65. The molecule has 1 heteroatoms. The van der Waals surface area contributed by atoms with E-state index in [9.17, 15) is 0 Å². The number of hydrogen-bond acceptors (Lipinski definition) is 1. The van der Waals surface area contributed by atoms with Gasteiger partial charge in [0.1, 0.15) is 0 Å². The van der Waals surface area contributed by atoms with Crippen LogP contribution >= 0.6 is 0 Å². The third kappa shape index (κ3) is 13.1. The zero-order chi connectivity index (χ0) is 18.0. The molecule has 0 amide bonds. The van der Waals surface area contributed by atoms with E-state index in [-0.39, 0.29) is 0 Å². The van der Waals surface area contributed by atoms with Crippen LogP contribution in [0, 0.1) is 0 Å². The van der Waals surface area contributed by atoms with Gasteiger partial charge in [-0.05, 0) is 24.8 Å². The molecule has 0 bridgehead atoms. The van der Waals surface area contributed by atoms with Crippen LogP contribution in [-0.2, 0) is 11.2 Å². The van der Waals surface area contributed by atoms with E-state index in [0.717, 1.165) is 19.4 Å². The second kappa shape index (κ2) is 16.6. The molecule has 0 heterocycles. The minimum Gasteiger partial charge on any atom is -0.378 e. The topological polar surface area (TPSA) is 9.23 Å². The predicted octanol–water partition coefficient (Wildman–Crippen LogP) is 7.73. The Hall–Kier alpha value is -0.820. The summed E-state index contributed by atoms with van der Waals surface area (Å²) in [5.41, 5.74) is 1.39. The molecule has 0 saturated heterocycles. The van der Waals surface area contributed by atoms with Gasteiger partial charge in [0.15, 0.2) is 0 Å². The Balaban J connectivity index is 1.87. The van der Waals surface area contributed by atoms with Crippen LogP contribution in [0.3, 0.4) is 0 Å². The Morgan fingerprint density at radius 3 is 1.72 bits per heavy atom. The monoisotopic (exact) mass is 346 g/mol. The normalized spacial score (nSPS) is 12.4. The SMILES string of the molecule is CCCCCCCCCCCCCCOC(CC)Cc1ccccc1. The number of benzene rings is 1. The molecule has 0 aromatic heterocycles. The lowest BCUT2D eigenvalue weighted by Crippen LogP contribution is -2.15. The molecule has 0 spiro atoms. The fourth-order valence-electron chi connectivity index (χ4n) is 3.39. The second-order valence-corrected chi connectivity index (χ2v) is 7.48. The predicted molar refractivity (Wildman–Crippen MR) is 111 cm³/mol. The van der Waals surface area contributed by atoms with E-state index in [1.165, 1.54) is 82.6 Å². The number of rotatable bonds is 17. The van der Waals surface area contributed by atoms with Gasteiger partial charge in [0.2, 0.25) is 0 Å². The van der Waals surface area contributed by atoms with Crippen LogP contribution in [0.25, 0.3) is 0 Å². The van der Waals surface area contributed by atoms with Crippen molar-refractivity contribution in [3.05, 3.63) is 35.9 Å². The highest BCUT2D eigenvalue weighted by atomic mass is 16.5. The Bertz CT molecular complexity index is 373. The third-order valence-electron chi connectivity index (χ3n) is 5.11. The Morgan fingerprint density at radius 1 is 0.680 bits per heavy atom. The van der Waals surface area contributed by atoms with E-state index in [2.05, 4.69) is 44.2 Å². The molecule has 0 radical (unpaired) electrons. The van der Waals surface area contributed by atoms with E-state index in [0.29, 0.717) is 6.10 Å². The van der Waals surface area contributed by atoms with E-state index in [4.69, 9.17) is 4.74 Å². The highest BCUT2D eigenvalue weighted by Gasteiger charge is 2.07. The maximum atomic E-state index is 6.09. The number of unbranched alkanes of at least 4 members (excludes halogenated alkanes) is 11. The lowest BCUT2D eigenvalue weighted by Gasteiger charge is -2.16. The molecule has 0 fully saturated rings. The summed E-state index contributed by atoms with van der Waals surface area (Å²) >= 11 is 0. The fourth-order valence-corrected chi connectivity index (χ4v) is 3.39. The van der Waals surface area contributed by atoms with Crippen LogP contribution < -0.4 is 0 Å². The van der Waals surface area contributed by atoms with Crippen LogP contribution in [0.2, 0.25) is 0 Å². The molecule has 1 atom stereocenters. The Morgan fingerprint density at radius 2 is 1.20 bits per heavy atom. The van der Waals surface area contributed by atoms with Crippen molar-refractivity contribution in [3.8, 4) is 0 Å². The molecule has 25 heavy (non-hydrogen) atoms. The third-order valence-corrected chi connectivity index (χ3v) is 5.11. The number of ether oxygens (including phenoxy) is 1. The lowest BCUT2D eigenvalue weighted by molar-refractivity contribution is 0.0484. The molecule has 1 rings (SSSR count). The van der Waals surface area contributed by atoms with Crippen molar-refractivity contribution < 1.29 is 4.74 Å². The minimum absolute atomic E-state index is 0.384. The smallest absolute Gasteiger partial charge is 0.0612 e. The zero-order valence-corrected chi connectivity index (χ0v) is 17.0. The van der Waals surface area contributed by atoms with Gasteiger partial charge in [-0.25, -0.2) is 0 Å². The summed E-state index contributed by atoms with van der Waals surface area (Å²) in [6.45, 7) is 5.45. The minimum atomic E-state index is 0.384. The van der Waals surface area contributed by atoms with Gasteiger partial charge in [0.05, 0.1) is 6.10 Å². The van der Waals surface area contributed by atoms with Gasteiger partial charge < -0.3 is 4.74 Å². The van der Waals surface area contributed by atoms with Gasteiger partial charge in [-0.3, -0.25) is 0 Å². The van der Waals surface area contributed by atoms with E-state index < -0.39 is 0 Å². The van der Waals surface area contributed by atoms with E-state index in [1.807, 2.05) is 0 Å². The maximum absolute atomic E-state index is 6.09. The molecule has 0 saturated carbocycles. The van der Waals surface area contributed by atoms with Gasteiger partial charge in [-0.1, -0.05) is 115 Å². The number of hydrogen-bond donors (Lipinski definition) is 0. The average molecular weight is 347 g/mol. The molecule has 0 N–H and O–H groups in total. The molecule has 144 valence electrons. The van der Waals surface area contributed by atoms with Gasteiger partial charge >= 0.3 is 0 Å². The summed E-state index contributed by atoms with van der Waals surface area (Å²) in [5.74, 6) is 0. The first-order valence-corrected chi connectivity index (χ1v) is 11.0. The molecule has 1 aromatic carbocycles.